The Morgan fingerprint density at radius 2 is 2.26 bits per heavy atom. The van der Waals surface area contributed by atoms with Crippen LogP contribution in [0, 0.1) is 0 Å². The van der Waals surface area contributed by atoms with Crippen molar-refractivity contribution in [2.75, 3.05) is 19.0 Å². The molecule has 8 heteroatoms. The van der Waals surface area contributed by atoms with Crippen molar-refractivity contribution >= 4 is 11.7 Å². The second-order valence-electron chi connectivity index (χ2n) is 4.26. The second-order valence-corrected chi connectivity index (χ2v) is 4.26. The van der Waals surface area contributed by atoms with E-state index >= 15 is 0 Å². The number of carbonyl (C=O) groups is 1. The minimum absolute atomic E-state index is 0.206. The maximum Gasteiger partial charge on any atom is 0.252 e. The van der Waals surface area contributed by atoms with E-state index in [1.807, 2.05) is 19.0 Å². The number of hydrogen-bond acceptors (Lipinski definition) is 6. The van der Waals surface area contributed by atoms with Gasteiger partial charge in [0.05, 0.1) is 6.04 Å². The number of nitrogens with one attached hydrogen (secondary N) is 2. The summed E-state index contributed by atoms with van der Waals surface area (Å²) in [5.74, 6) is 0.956. The number of amides is 1. The van der Waals surface area contributed by atoms with E-state index in [0.717, 1.165) is 5.82 Å². The highest BCUT2D eigenvalue weighted by Gasteiger charge is 2.15. The molecule has 0 aromatic carbocycles. The zero-order valence-electron chi connectivity index (χ0n) is 11.0. The Labute approximate surface area is 110 Å². The molecule has 0 aliphatic heterocycles. The zero-order valence-corrected chi connectivity index (χ0v) is 11.0. The number of tetrazole rings is 1. The maximum absolute atomic E-state index is 12.1. The Bertz CT molecular complexity index is 552. The van der Waals surface area contributed by atoms with Crippen LogP contribution in [0.5, 0.6) is 0 Å². The quantitative estimate of drug-likeness (QED) is 0.812. The molecule has 0 saturated heterocycles. The van der Waals surface area contributed by atoms with Crippen LogP contribution < -0.4 is 10.2 Å². The first kappa shape index (κ1) is 12.9. The fourth-order valence-corrected chi connectivity index (χ4v) is 1.50. The van der Waals surface area contributed by atoms with Gasteiger partial charge in [-0.2, -0.15) is 5.21 Å². The molecule has 0 spiro atoms. The van der Waals surface area contributed by atoms with E-state index in [4.69, 9.17) is 0 Å². The molecule has 0 saturated carbocycles. The van der Waals surface area contributed by atoms with Crippen LogP contribution in [0.2, 0.25) is 0 Å². The number of aromatic amines is 1. The lowest BCUT2D eigenvalue weighted by molar-refractivity contribution is 0.0938. The van der Waals surface area contributed by atoms with Crippen molar-refractivity contribution in [3.8, 4) is 0 Å². The summed E-state index contributed by atoms with van der Waals surface area (Å²) >= 11 is 0. The summed E-state index contributed by atoms with van der Waals surface area (Å²) in [5.41, 5.74) is 0.536. The van der Waals surface area contributed by atoms with Gasteiger partial charge < -0.3 is 10.2 Å². The molecule has 0 fully saturated rings. The first-order valence-electron chi connectivity index (χ1n) is 5.75. The molecule has 0 radical (unpaired) electrons. The van der Waals surface area contributed by atoms with E-state index in [1.54, 1.807) is 25.3 Å². The number of hydrogen-bond donors (Lipinski definition) is 2. The van der Waals surface area contributed by atoms with Crippen molar-refractivity contribution < 1.29 is 4.79 Å². The molecule has 1 amide bonds. The summed E-state index contributed by atoms with van der Waals surface area (Å²) in [6.07, 6.45) is 1.60. The van der Waals surface area contributed by atoms with E-state index in [-0.39, 0.29) is 11.9 Å². The smallest absolute Gasteiger partial charge is 0.252 e. The average molecular weight is 261 g/mol. The van der Waals surface area contributed by atoms with Crippen LogP contribution >= 0.6 is 0 Å². The summed E-state index contributed by atoms with van der Waals surface area (Å²) in [6.45, 7) is 1.79. The molecule has 19 heavy (non-hydrogen) atoms. The topological polar surface area (TPSA) is 99.7 Å². The van der Waals surface area contributed by atoms with Gasteiger partial charge in [0, 0.05) is 25.9 Å². The summed E-state index contributed by atoms with van der Waals surface area (Å²) in [5, 5.41) is 16.3. The molecule has 0 aliphatic rings. The highest BCUT2D eigenvalue weighted by Crippen LogP contribution is 2.11. The number of aromatic nitrogens is 5. The Kier molecular flexibility index (Phi) is 3.69. The SMILES string of the molecule is CC(NC(=O)c1ccnc(N(C)C)c1)c1nn[nH]n1. The summed E-state index contributed by atoms with van der Waals surface area (Å²) in [4.78, 5) is 18.1. The first-order valence-corrected chi connectivity index (χ1v) is 5.75. The molecule has 0 aliphatic carbocycles. The molecule has 8 nitrogen and oxygen atoms in total. The molecule has 2 heterocycles. The molecule has 1 atom stereocenters. The van der Waals surface area contributed by atoms with Gasteiger partial charge in [-0.15, -0.1) is 10.2 Å². The van der Waals surface area contributed by atoms with Crippen molar-refractivity contribution in [1.82, 2.24) is 30.9 Å². The zero-order chi connectivity index (χ0) is 13.8. The third-order valence-electron chi connectivity index (χ3n) is 2.56. The van der Waals surface area contributed by atoms with Crippen molar-refractivity contribution in [3.05, 3.63) is 29.7 Å². The fourth-order valence-electron chi connectivity index (χ4n) is 1.50. The van der Waals surface area contributed by atoms with Gasteiger partial charge in [-0.3, -0.25) is 4.79 Å². The monoisotopic (exact) mass is 261 g/mol. The minimum atomic E-state index is -0.317. The molecule has 2 rings (SSSR count). The van der Waals surface area contributed by atoms with Crippen LogP contribution in [-0.2, 0) is 0 Å². The van der Waals surface area contributed by atoms with Gasteiger partial charge in [-0.1, -0.05) is 5.21 Å². The van der Waals surface area contributed by atoms with E-state index < -0.39 is 0 Å². The first-order chi connectivity index (χ1) is 9.08. The highest BCUT2D eigenvalue weighted by atomic mass is 16.1. The predicted molar refractivity (Wildman–Crippen MR) is 68.6 cm³/mol. The molecule has 100 valence electrons. The van der Waals surface area contributed by atoms with Crippen LogP contribution in [0.15, 0.2) is 18.3 Å². The maximum atomic E-state index is 12.1. The van der Waals surface area contributed by atoms with Crippen molar-refractivity contribution in [3.63, 3.8) is 0 Å². The largest absolute Gasteiger partial charge is 0.363 e. The Hall–Kier alpha value is -2.51. The van der Waals surface area contributed by atoms with Crippen LogP contribution in [0.4, 0.5) is 5.82 Å². The molecule has 2 aromatic rings. The summed E-state index contributed by atoms with van der Waals surface area (Å²) in [6, 6.07) is 3.06. The number of H-pyrrole nitrogens is 1. The fraction of sp³-hybridized carbons (Fsp3) is 0.364. The lowest BCUT2D eigenvalue weighted by Gasteiger charge is -2.13. The minimum Gasteiger partial charge on any atom is -0.363 e. The molecular formula is C11H15N7O. The van der Waals surface area contributed by atoms with Gasteiger partial charge in [-0.25, -0.2) is 4.98 Å². The van der Waals surface area contributed by atoms with E-state index in [2.05, 4.69) is 30.9 Å². The van der Waals surface area contributed by atoms with E-state index in [9.17, 15) is 4.79 Å². The van der Waals surface area contributed by atoms with Gasteiger partial charge in [0.2, 0.25) is 0 Å². The highest BCUT2D eigenvalue weighted by molar-refractivity contribution is 5.95. The number of carbonyl (C=O) groups excluding carboxylic acids is 1. The lowest BCUT2D eigenvalue weighted by atomic mass is 10.2. The summed E-state index contributed by atoms with van der Waals surface area (Å²) in [7, 11) is 3.73. The van der Waals surface area contributed by atoms with Crippen molar-refractivity contribution in [1.29, 1.82) is 0 Å². The van der Waals surface area contributed by atoms with Crippen LogP contribution in [-0.4, -0.2) is 45.6 Å². The van der Waals surface area contributed by atoms with Gasteiger partial charge in [0.25, 0.3) is 5.91 Å². The van der Waals surface area contributed by atoms with Crippen LogP contribution in [0.3, 0.4) is 0 Å². The lowest BCUT2D eigenvalue weighted by Crippen LogP contribution is -2.27. The van der Waals surface area contributed by atoms with Crippen LogP contribution in [0.1, 0.15) is 29.1 Å². The normalized spacial score (nSPS) is 11.9. The molecular weight excluding hydrogens is 246 g/mol. The predicted octanol–water partition coefficient (Wildman–Crippen LogP) is 0.152. The Morgan fingerprint density at radius 3 is 2.89 bits per heavy atom. The third-order valence-corrected chi connectivity index (χ3v) is 2.56. The van der Waals surface area contributed by atoms with E-state index in [1.165, 1.54) is 0 Å². The Balaban J connectivity index is 2.10. The van der Waals surface area contributed by atoms with Gasteiger partial charge in [-0.05, 0) is 19.1 Å². The summed E-state index contributed by atoms with van der Waals surface area (Å²) < 4.78 is 0. The molecule has 2 aromatic heterocycles. The Morgan fingerprint density at radius 1 is 1.47 bits per heavy atom. The second kappa shape index (κ2) is 5.42. The van der Waals surface area contributed by atoms with Gasteiger partial charge in [0.1, 0.15) is 5.82 Å². The van der Waals surface area contributed by atoms with Gasteiger partial charge in [0.15, 0.2) is 5.82 Å². The van der Waals surface area contributed by atoms with Gasteiger partial charge >= 0.3 is 0 Å². The van der Waals surface area contributed by atoms with Crippen molar-refractivity contribution in [2.45, 2.75) is 13.0 Å². The number of rotatable bonds is 4. The molecule has 0 bridgehead atoms. The van der Waals surface area contributed by atoms with Crippen LogP contribution in [0.25, 0.3) is 0 Å². The van der Waals surface area contributed by atoms with E-state index in [0.29, 0.717) is 11.4 Å². The average Bonchev–Trinajstić information content (AvgIpc) is 2.92. The standard InChI is InChI=1S/C11H15N7O/c1-7(10-14-16-17-15-10)13-11(19)8-4-5-12-9(6-8)18(2)3/h4-7H,1-3H3,(H,13,19)(H,14,15,16,17). The molecule has 2 N–H and O–H groups in total. The molecule has 1 unspecified atom stereocenters. The third kappa shape index (κ3) is 3.03. The number of pyridine rings is 1. The van der Waals surface area contributed by atoms with Crippen molar-refractivity contribution in [2.24, 2.45) is 0 Å². The number of nitrogens with zero attached hydrogens (tertiary/aromatic N) is 5. The number of anilines is 1.